The Morgan fingerprint density at radius 3 is 2.43 bits per heavy atom. The normalized spacial score (nSPS) is 10.7. The number of amides is 2. The minimum atomic E-state index is -0.682. The second-order valence-electron chi connectivity index (χ2n) is 7.87. The van der Waals surface area contributed by atoms with Gasteiger partial charge in [-0.1, -0.05) is 35.9 Å². The number of aromatic nitrogens is 2. The number of thioether (sulfide) groups is 1. The second kappa shape index (κ2) is 11.3. The van der Waals surface area contributed by atoms with Gasteiger partial charge >= 0.3 is 16.6 Å². The van der Waals surface area contributed by atoms with Gasteiger partial charge in [0.05, 0.1) is 23.3 Å². The number of carbonyl (C=O) groups is 3. The van der Waals surface area contributed by atoms with Crippen molar-refractivity contribution in [3.8, 4) is 5.69 Å². The number of rotatable bonds is 8. The smallest absolute Gasteiger partial charge is 0.442 e. The Hall–Kier alpha value is -4.16. The Kier molecular flexibility index (Phi) is 7.89. The molecule has 0 aliphatic carbocycles. The van der Waals surface area contributed by atoms with Gasteiger partial charge in [0.2, 0.25) is 11.6 Å². The number of benzene rings is 2. The van der Waals surface area contributed by atoms with Gasteiger partial charge < -0.3 is 15.4 Å². The van der Waals surface area contributed by atoms with Crippen LogP contribution in [-0.2, 0) is 9.53 Å². The Morgan fingerprint density at radius 2 is 1.76 bits per heavy atom. The fourth-order valence-corrected chi connectivity index (χ4v) is 5.30. The maximum atomic E-state index is 12.9. The van der Waals surface area contributed by atoms with Crippen molar-refractivity contribution < 1.29 is 28.3 Å². The molecule has 12 heteroatoms. The number of nitrogens with zero attached hydrogens (tertiary/aromatic N) is 1. The van der Waals surface area contributed by atoms with E-state index in [0.29, 0.717) is 16.9 Å². The molecular weight excluding hydrogens is 516 g/mol. The van der Waals surface area contributed by atoms with Crippen molar-refractivity contribution in [2.24, 2.45) is 0 Å². The average molecular weight is 540 g/mol. The molecule has 0 fully saturated rings. The first-order valence-corrected chi connectivity index (χ1v) is 12.8. The van der Waals surface area contributed by atoms with Gasteiger partial charge in [-0.3, -0.25) is 14.1 Å². The molecule has 2 amide bonds. The summed E-state index contributed by atoms with van der Waals surface area (Å²) in [5, 5.41) is 8.35. The predicted octanol–water partition coefficient (Wildman–Crippen LogP) is 3.69. The van der Waals surface area contributed by atoms with E-state index in [1.165, 1.54) is 11.8 Å². The summed E-state index contributed by atoms with van der Waals surface area (Å²) in [5.74, 6) is -1.74. The van der Waals surface area contributed by atoms with Gasteiger partial charge in [0.1, 0.15) is 5.00 Å². The molecular formula is C25H23N4O6S2+. The summed E-state index contributed by atoms with van der Waals surface area (Å²) >= 11 is 1.94. The van der Waals surface area contributed by atoms with Crippen molar-refractivity contribution in [1.29, 1.82) is 0 Å². The summed E-state index contributed by atoms with van der Waals surface area (Å²) in [4.78, 5) is 50.7. The van der Waals surface area contributed by atoms with Crippen LogP contribution in [-0.4, -0.2) is 35.9 Å². The van der Waals surface area contributed by atoms with Gasteiger partial charge in [-0.15, -0.1) is 11.3 Å². The highest BCUT2D eigenvalue weighted by Gasteiger charge is 2.28. The van der Waals surface area contributed by atoms with Crippen molar-refractivity contribution in [2.45, 2.75) is 18.9 Å². The average Bonchev–Trinajstić information content (AvgIpc) is 3.42. The molecule has 4 rings (SSSR count). The van der Waals surface area contributed by atoms with Crippen LogP contribution in [0.3, 0.4) is 0 Å². The van der Waals surface area contributed by atoms with E-state index < -0.39 is 23.4 Å². The molecule has 2 heterocycles. The SMILES string of the molecule is COC(=O)c1c(NC(=O)CSc2c(=O)o[nH][n+]2-c2ccc(C)cc2)sc(C(=O)Nc2ccccc2)c1C. The fraction of sp³-hybridized carbons (Fsp3) is 0.160. The van der Waals surface area contributed by atoms with Crippen LogP contribution in [0.25, 0.3) is 5.69 Å². The van der Waals surface area contributed by atoms with Crippen molar-refractivity contribution in [3.63, 3.8) is 0 Å². The zero-order chi connectivity index (χ0) is 26.5. The minimum Gasteiger partial charge on any atom is -0.465 e. The van der Waals surface area contributed by atoms with E-state index in [4.69, 9.17) is 9.26 Å². The van der Waals surface area contributed by atoms with Crippen molar-refractivity contribution in [3.05, 3.63) is 86.6 Å². The van der Waals surface area contributed by atoms with E-state index in [1.807, 2.05) is 37.3 Å². The molecule has 0 spiro atoms. The first-order valence-electron chi connectivity index (χ1n) is 11.0. The molecule has 2 aromatic heterocycles. The maximum Gasteiger partial charge on any atom is 0.442 e. The van der Waals surface area contributed by atoms with Crippen LogP contribution in [0.1, 0.15) is 31.2 Å². The summed E-state index contributed by atoms with van der Waals surface area (Å²) in [6, 6.07) is 16.3. The number of hydrogen-bond acceptors (Lipinski definition) is 8. The van der Waals surface area contributed by atoms with E-state index in [0.717, 1.165) is 28.7 Å². The molecule has 190 valence electrons. The highest BCUT2D eigenvalue weighted by Crippen LogP contribution is 2.34. The third kappa shape index (κ3) is 5.81. The molecule has 0 radical (unpaired) electrons. The summed E-state index contributed by atoms with van der Waals surface area (Å²) in [7, 11) is 1.22. The quantitative estimate of drug-likeness (QED) is 0.177. The molecule has 0 bridgehead atoms. The van der Waals surface area contributed by atoms with Crippen LogP contribution in [0.4, 0.5) is 10.7 Å². The summed E-state index contributed by atoms with van der Waals surface area (Å²) in [6.45, 7) is 3.56. The number of ether oxygens (including phenoxy) is 1. The van der Waals surface area contributed by atoms with Crippen molar-refractivity contribution in [2.75, 3.05) is 23.5 Å². The first kappa shape index (κ1) is 25.9. The van der Waals surface area contributed by atoms with Crippen LogP contribution in [0.5, 0.6) is 0 Å². The number of para-hydroxylation sites is 1. The Bertz CT molecular complexity index is 1510. The van der Waals surface area contributed by atoms with Crippen molar-refractivity contribution in [1.82, 2.24) is 5.27 Å². The maximum absolute atomic E-state index is 12.9. The monoisotopic (exact) mass is 539 g/mol. The lowest BCUT2D eigenvalue weighted by Crippen LogP contribution is -2.36. The summed E-state index contributed by atoms with van der Waals surface area (Å²) in [5.41, 5.74) is 2.16. The van der Waals surface area contributed by atoms with Crippen LogP contribution < -0.4 is 20.9 Å². The minimum absolute atomic E-state index is 0.0972. The van der Waals surface area contributed by atoms with Gasteiger partial charge in [0.25, 0.3) is 5.91 Å². The number of nitrogens with one attached hydrogen (secondary N) is 3. The van der Waals surface area contributed by atoms with Gasteiger partial charge in [0, 0.05) is 17.8 Å². The molecule has 4 aromatic rings. The molecule has 10 nitrogen and oxygen atoms in total. The number of aryl methyl sites for hydroxylation is 1. The van der Waals surface area contributed by atoms with E-state index in [-0.39, 0.29) is 26.2 Å². The topological polar surface area (TPSA) is 134 Å². The third-order valence-corrected chi connectivity index (χ3v) is 7.50. The zero-order valence-electron chi connectivity index (χ0n) is 20.1. The van der Waals surface area contributed by atoms with Crippen LogP contribution in [0.15, 0.2) is 68.9 Å². The predicted molar refractivity (Wildman–Crippen MR) is 140 cm³/mol. The van der Waals surface area contributed by atoms with Crippen molar-refractivity contribution >= 4 is 51.6 Å². The first-order chi connectivity index (χ1) is 17.8. The number of hydrogen-bond donors (Lipinski definition) is 3. The molecule has 0 atom stereocenters. The molecule has 0 saturated heterocycles. The molecule has 0 aliphatic heterocycles. The Balaban J connectivity index is 1.52. The Labute approximate surface area is 219 Å². The second-order valence-corrected chi connectivity index (χ2v) is 9.85. The van der Waals surface area contributed by atoms with Crippen LogP contribution in [0.2, 0.25) is 0 Å². The zero-order valence-corrected chi connectivity index (χ0v) is 21.7. The molecule has 0 aliphatic rings. The standard InChI is InChI=1S/C25H22N4O6S2/c1-14-9-11-17(12-10-14)29-23(25(33)35-28-29)36-13-18(30)27-22-19(24(32)34-3)15(2)20(37-22)21(31)26-16-7-5-4-6-8-16/h4-12H,13H2,1-3H3,(H2-,26,27,28,30,31,32,33)/p+1. The number of anilines is 2. The number of aromatic amines is 1. The van der Waals surface area contributed by atoms with Gasteiger partial charge in [0.15, 0.2) is 0 Å². The lowest BCUT2D eigenvalue weighted by molar-refractivity contribution is -0.704. The highest BCUT2D eigenvalue weighted by molar-refractivity contribution is 7.99. The summed E-state index contributed by atoms with van der Waals surface area (Å²) < 4.78 is 11.2. The number of carbonyl (C=O) groups excluding carboxylic acids is 3. The van der Waals surface area contributed by atoms with Crippen LogP contribution in [0, 0.1) is 13.8 Å². The van der Waals surface area contributed by atoms with Gasteiger partial charge in [-0.2, -0.15) is 0 Å². The molecule has 0 saturated carbocycles. The Morgan fingerprint density at radius 1 is 1.05 bits per heavy atom. The lowest BCUT2D eigenvalue weighted by atomic mass is 10.1. The van der Waals surface area contributed by atoms with E-state index >= 15 is 0 Å². The van der Waals surface area contributed by atoms with E-state index in [2.05, 4.69) is 15.9 Å². The molecule has 3 N–H and O–H groups in total. The number of esters is 1. The van der Waals surface area contributed by atoms with Gasteiger partial charge in [-0.25, -0.2) is 9.59 Å². The largest absolute Gasteiger partial charge is 0.465 e. The molecule has 0 unspecified atom stereocenters. The fourth-order valence-electron chi connectivity index (χ4n) is 3.42. The molecule has 2 aromatic carbocycles. The number of H-pyrrole nitrogens is 1. The van der Waals surface area contributed by atoms with E-state index in [9.17, 15) is 19.2 Å². The highest BCUT2D eigenvalue weighted by atomic mass is 32.2. The number of methoxy groups -OCH3 is 1. The molecule has 37 heavy (non-hydrogen) atoms. The van der Waals surface area contributed by atoms with Crippen LogP contribution >= 0.6 is 23.1 Å². The third-order valence-electron chi connectivity index (χ3n) is 5.27. The number of thiophene rings is 1. The van der Waals surface area contributed by atoms with Gasteiger partial charge in [-0.05, 0) is 53.3 Å². The van der Waals surface area contributed by atoms with E-state index in [1.54, 1.807) is 31.2 Å². The summed E-state index contributed by atoms with van der Waals surface area (Å²) in [6.07, 6.45) is 0. The lowest BCUT2D eigenvalue weighted by Gasteiger charge is -2.05.